The summed E-state index contributed by atoms with van der Waals surface area (Å²) in [5.41, 5.74) is 1.65. The van der Waals surface area contributed by atoms with E-state index in [-0.39, 0.29) is 23.0 Å². The average Bonchev–Trinajstić information content (AvgIpc) is 3.09. The number of carbonyl (C=O) groups excluding carboxylic acids is 1. The van der Waals surface area contributed by atoms with Crippen LogP contribution in [0.5, 0.6) is 0 Å². The van der Waals surface area contributed by atoms with Crippen LogP contribution in [-0.4, -0.2) is 39.6 Å². The molecule has 22 heavy (non-hydrogen) atoms. The molecule has 0 unspecified atom stereocenters. The van der Waals surface area contributed by atoms with Gasteiger partial charge in [-0.05, 0) is 18.1 Å². The molecule has 2 atom stereocenters. The monoisotopic (exact) mass is 318 g/mol. The van der Waals surface area contributed by atoms with E-state index >= 15 is 0 Å². The van der Waals surface area contributed by atoms with Crippen LogP contribution in [0.2, 0.25) is 5.02 Å². The molecule has 1 N–H and O–H groups in total. The average molecular weight is 319 g/mol. The first-order valence-electron chi connectivity index (χ1n) is 7.24. The normalized spacial score (nSPS) is 25.5. The summed E-state index contributed by atoms with van der Waals surface area (Å²) >= 11 is 6.38. The van der Waals surface area contributed by atoms with Crippen LogP contribution in [0.4, 0.5) is 0 Å². The van der Waals surface area contributed by atoms with E-state index in [1.807, 2.05) is 12.1 Å². The van der Waals surface area contributed by atoms with Crippen molar-refractivity contribution < 1.29 is 9.53 Å². The Morgan fingerprint density at radius 1 is 1.45 bits per heavy atom. The maximum Gasteiger partial charge on any atom is 0.178 e. The van der Waals surface area contributed by atoms with Crippen LogP contribution < -0.4 is 0 Å². The molecule has 2 heterocycles. The van der Waals surface area contributed by atoms with Gasteiger partial charge in [-0.1, -0.05) is 35.9 Å². The van der Waals surface area contributed by atoms with E-state index in [1.165, 1.54) is 0 Å². The van der Waals surface area contributed by atoms with Gasteiger partial charge in [-0.15, -0.1) is 10.2 Å². The number of Topliss-reactive ketones (excluding diaryl/α,β-unsaturated/α-hetero) is 1. The molecule has 0 bridgehead atoms. The number of tetrazole rings is 1. The summed E-state index contributed by atoms with van der Waals surface area (Å²) in [6.45, 7) is 3.46. The number of ketones is 1. The fourth-order valence-electron chi connectivity index (χ4n) is 3.03. The Balaban J connectivity index is 1.54. The third-order valence-electron chi connectivity index (χ3n) is 4.57. The quantitative estimate of drug-likeness (QED) is 0.873. The predicted molar refractivity (Wildman–Crippen MR) is 79.0 cm³/mol. The first-order valence-corrected chi connectivity index (χ1v) is 7.62. The maximum atomic E-state index is 12.5. The number of halogens is 1. The molecule has 1 aliphatic carbocycles. The van der Waals surface area contributed by atoms with Crippen molar-refractivity contribution in [3.05, 3.63) is 40.2 Å². The van der Waals surface area contributed by atoms with Gasteiger partial charge in [0, 0.05) is 27.8 Å². The Bertz CT molecular complexity index is 727. The lowest BCUT2D eigenvalue weighted by Gasteiger charge is -2.39. The highest BCUT2D eigenvalue weighted by molar-refractivity contribution is 6.32. The molecule has 1 aromatic heterocycles. The van der Waals surface area contributed by atoms with Gasteiger partial charge in [0.15, 0.2) is 11.6 Å². The summed E-state index contributed by atoms with van der Waals surface area (Å²) < 4.78 is 5.28. The number of hydrogen-bond acceptors (Lipinski definition) is 5. The van der Waals surface area contributed by atoms with E-state index in [0.29, 0.717) is 29.6 Å². The van der Waals surface area contributed by atoms with Crippen LogP contribution in [0.1, 0.15) is 41.0 Å². The second-order valence-corrected chi connectivity index (χ2v) is 6.74. The van der Waals surface area contributed by atoms with Crippen molar-refractivity contribution in [2.75, 3.05) is 13.2 Å². The highest BCUT2D eigenvalue weighted by atomic mass is 35.5. The van der Waals surface area contributed by atoms with Crippen LogP contribution in [-0.2, 0) is 10.2 Å². The molecule has 1 saturated heterocycles. The molecule has 1 aliphatic heterocycles. The van der Waals surface area contributed by atoms with Crippen LogP contribution in [0.25, 0.3) is 0 Å². The smallest absolute Gasteiger partial charge is 0.178 e. The molecule has 4 rings (SSSR count). The van der Waals surface area contributed by atoms with Crippen LogP contribution >= 0.6 is 11.6 Å². The number of aromatic nitrogens is 4. The van der Waals surface area contributed by atoms with Crippen molar-refractivity contribution >= 4 is 17.4 Å². The first-order chi connectivity index (χ1) is 10.6. The molecule has 2 fully saturated rings. The Labute approximate surface area is 132 Å². The molecule has 6 nitrogen and oxygen atoms in total. The third-order valence-corrected chi connectivity index (χ3v) is 4.88. The Morgan fingerprint density at radius 3 is 2.86 bits per heavy atom. The van der Waals surface area contributed by atoms with Crippen molar-refractivity contribution in [1.82, 2.24) is 20.6 Å². The van der Waals surface area contributed by atoms with E-state index in [2.05, 4.69) is 27.5 Å². The Kier molecular flexibility index (Phi) is 3.06. The topological polar surface area (TPSA) is 80.8 Å². The number of benzene rings is 1. The SMILES string of the molecule is CC1(c2ccc(C(=O)[C@H]3C[C@@H]3c3nn[nH]n3)cc2Cl)COC1. The maximum absolute atomic E-state index is 12.5. The molecule has 0 amide bonds. The third kappa shape index (κ3) is 2.14. The lowest BCUT2D eigenvalue weighted by atomic mass is 9.80. The molecular formula is C15H15ClN4O2. The van der Waals surface area contributed by atoms with Crippen molar-refractivity contribution in [3.63, 3.8) is 0 Å². The highest BCUT2D eigenvalue weighted by Gasteiger charge is 2.47. The van der Waals surface area contributed by atoms with Gasteiger partial charge in [-0.3, -0.25) is 4.79 Å². The van der Waals surface area contributed by atoms with E-state index < -0.39 is 0 Å². The van der Waals surface area contributed by atoms with Gasteiger partial charge >= 0.3 is 0 Å². The molecular weight excluding hydrogens is 304 g/mol. The van der Waals surface area contributed by atoms with E-state index in [1.54, 1.807) is 6.07 Å². The summed E-state index contributed by atoms with van der Waals surface area (Å²) in [5, 5.41) is 14.5. The largest absolute Gasteiger partial charge is 0.379 e. The van der Waals surface area contributed by atoms with E-state index in [9.17, 15) is 4.79 Å². The van der Waals surface area contributed by atoms with Gasteiger partial charge in [0.25, 0.3) is 0 Å². The minimum atomic E-state index is -0.0675. The van der Waals surface area contributed by atoms with Gasteiger partial charge in [0.2, 0.25) is 0 Å². The van der Waals surface area contributed by atoms with Gasteiger partial charge < -0.3 is 4.74 Å². The number of aromatic amines is 1. The zero-order valence-corrected chi connectivity index (χ0v) is 12.8. The van der Waals surface area contributed by atoms with Crippen molar-refractivity contribution in [2.24, 2.45) is 5.92 Å². The summed E-state index contributed by atoms with van der Waals surface area (Å²) in [5.74, 6) is 0.711. The second kappa shape index (κ2) is 4.86. The Hall–Kier alpha value is -1.79. The van der Waals surface area contributed by atoms with Gasteiger partial charge in [-0.2, -0.15) is 5.21 Å². The number of rotatable bonds is 4. The molecule has 114 valence electrons. The predicted octanol–water partition coefficient (Wildman–Crippen LogP) is 2.13. The lowest BCUT2D eigenvalue weighted by molar-refractivity contribution is -0.0499. The first kappa shape index (κ1) is 13.8. The molecule has 0 radical (unpaired) electrons. The van der Waals surface area contributed by atoms with Crippen LogP contribution in [0.3, 0.4) is 0 Å². The fraction of sp³-hybridized carbons (Fsp3) is 0.467. The fourth-order valence-corrected chi connectivity index (χ4v) is 3.44. The number of hydrogen-bond donors (Lipinski definition) is 1. The highest BCUT2D eigenvalue weighted by Crippen LogP contribution is 2.48. The van der Waals surface area contributed by atoms with Crippen molar-refractivity contribution in [3.8, 4) is 0 Å². The van der Waals surface area contributed by atoms with Crippen molar-refractivity contribution in [2.45, 2.75) is 24.7 Å². The zero-order valence-electron chi connectivity index (χ0n) is 12.0. The van der Waals surface area contributed by atoms with Crippen molar-refractivity contribution in [1.29, 1.82) is 0 Å². The minimum Gasteiger partial charge on any atom is -0.379 e. The number of nitrogens with one attached hydrogen (secondary N) is 1. The van der Waals surface area contributed by atoms with Gasteiger partial charge in [-0.25, -0.2) is 0 Å². The summed E-state index contributed by atoms with van der Waals surface area (Å²) in [6.07, 6.45) is 0.767. The summed E-state index contributed by atoms with van der Waals surface area (Å²) in [7, 11) is 0. The summed E-state index contributed by atoms with van der Waals surface area (Å²) in [4.78, 5) is 12.5. The molecule has 2 aromatic rings. The molecule has 0 spiro atoms. The standard InChI is InChI=1S/C15H15ClN4O2/c1-15(6-22-7-15)11-3-2-8(4-12(11)16)13(21)9-5-10(9)14-17-19-20-18-14/h2-4,9-10H,5-7H2,1H3,(H,17,18,19,20)/t9-,10-/m0/s1. The van der Waals surface area contributed by atoms with E-state index in [4.69, 9.17) is 16.3 Å². The number of nitrogens with zero attached hydrogens (tertiary/aromatic N) is 3. The summed E-state index contributed by atoms with van der Waals surface area (Å²) in [6, 6.07) is 5.58. The number of carbonyl (C=O) groups is 1. The number of H-pyrrole nitrogens is 1. The van der Waals surface area contributed by atoms with Crippen LogP contribution in [0, 0.1) is 5.92 Å². The Morgan fingerprint density at radius 2 is 2.27 bits per heavy atom. The molecule has 1 saturated carbocycles. The second-order valence-electron chi connectivity index (χ2n) is 6.33. The van der Waals surface area contributed by atoms with Crippen LogP contribution in [0.15, 0.2) is 18.2 Å². The lowest BCUT2D eigenvalue weighted by Crippen LogP contribution is -2.44. The number of ether oxygens (including phenoxy) is 1. The molecule has 2 aliphatic rings. The van der Waals surface area contributed by atoms with Gasteiger partial charge in [0.1, 0.15) is 0 Å². The van der Waals surface area contributed by atoms with Gasteiger partial charge in [0.05, 0.1) is 13.2 Å². The minimum absolute atomic E-state index is 0.0363. The molecule has 1 aromatic carbocycles. The van der Waals surface area contributed by atoms with E-state index in [0.717, 1.165) is 12.0 Å². The molecule has 7 heteroatoms. The zero-order chi connectivity index (χ0) is 15.3.